The van der Waals surface area contributed by atoms with Gasteiger partial charge in [0.25, 0.3) is 0 Å². The molecule has 0 spiro atoms. The molecule has 5 heteroatoms. The summed E-state index contributed by atoms with van der Waals surface area (Å²) in [6.07, 6.45) is 33.4. The van der Waals surface area contributed by atoms with Crippen LogP contribution in [0.1, 0.15) is 181 Å². The van der Waals surface area contributed by atoms with Gasteiger partial charge in [-0.1, -0.05) is 155 Å². The maximum Gasteiger partial charge on any atom is 0.323 e. The van der Waals surface area contributed by atoms with E-state index in [0.29, 0.717) is 0 Å². The van der Waals surface area contributed by atoms with Gasteiger partial charge < -0.3 is 15.6 Å². The lowest BCUT2D eigenvalue weighted by Crippen LogP contribution is -2.36. The third-order valence-corrected chi connectivity index (χ3v) is 7.48. The van der Waals surface area contributed by atoms with Crippen molar-refractivity contribution in [3.8, 4) is 0 Å². The van der Waals surface area contributed by atoms with E-state index in [2.05, 4.69) is 6.92 Å². The second-order valence-electron chi connectivity index (χ2n) is 11.4. The summed E-state index contributed by atoms with van der Waals surface area (Å²) in [6, 6.07) is -1.07. The Bertz CT molecular complexity index is 511. The van der Waals surface area contributed by atoms with E-state index in [1.165, 1.54) is 141 Å². The lowest BCUT2D eigenvalue weighted by molar-refractivity contribution is -0.153. The zero-order valence-corrected chi connectivity index (χ0v) is 24.8. The van der Waals surface area contributed by atoms with Crippen LogP contribution in [0.3, 0.4) is 0 Å². The Kier molecular flexibility index (Phi) is 27.1. The number of carboxylic acids is 1. The van der Waals surface area contributed by atoms with Crippen molar-refractivity contribution < 1.29 is 19.4 Å². The van der Waals surface area contributed by atoms with E-state index in [9.17, 15) is 9.59 Å². The topological polar surface area (TPSA) is 89.6 Å². The predicted molar refractivity (Wildman–Crippen MR) is 157 cm³/mol. The number of aliphatic carboxylic acids is 1. The zero-order chi connectivity index (χ0) is 27.4. The van der Waals surface area contributed by atoms with E-state index in [0.717, 1.165) is 19.3 Å². The van der Waals surface area contributed by atoms with E-state index >= 15 is 0 Å². The molecule has 3 N–H and O–H groups in total. The lowest BCUT2D eigenvalue weighted by Gasteiger charge is -2.15. The fourth-order valence-corrected chi connectivity index (χ4v) is 5.01. The highest BCUT2D eigenvalue weighted by Gasteiger charge is 2.20. The Labute approximate surface area is 230 Å². The second-order valence-corrected chi connectivity index (χ2v) is 11.4. The van der Waals surface area contributed by atoms with Crippen molar-refractivity contribution in [2.75, 3.05) is 0 Å². The SMILES string of the molecule is CCCCCCCCCCCCCCCCCCCCCCCCCCC(C)OC(=O)[C@@H](N)CC(=O)O. The molecule has 0 aromatic rings. The Balaban J connectivity index is 3.22. The van der Waals surface area contributed by atoms with Crippen molar-refractivity contribution in [3.05, 3.63) is 0 Å². The quantitative estimate of drug-likeness (QED) is 0.0749. The van der Waals surface area contributed by atoms with Gasteiger partial charge in [0.1, 0.15) is 6.04 Å². The number of carboxylic acid groups (broad SMARTS) is 1. The van der Waals surface area contributed by atoms with Crippen LogP contribution >= 0.6 is 0 Å². The van der Waals surface area contributed by atoms with Crippen LogP contribution in [0.2, 0.25) is 0 Å². The zero-order valence-electron chi connectivity index (χ0n) is 24.8. The van der Waals surface area contributed by atoms with E-state index < -0.39 is 18.0 Å². The summed E-state index contributed by atoms with van der Waals surface area (Å²) >= 11 is 0. The minimum atomic E-state index is -1.08. The fourth-order valence-electron chi connectivity index (χ4n) is 5.01. The number of rotatable bonds is 29. The maximum absolute atomic E-state index is 11.7. The van der Waals surface area contributed by atoms with Crippen LogP contribution in [0.25, 0.3) is 0 Å². The van der Waals surface area contributed by atoms with Crippen molar-refractivity contribution in [3.63, 3.8) is 0 Å². The van der Waals surface area contributed by atoms with Crippen molar-refractivity contribution in [1.29, 1.82) is 0 Å². The molecule has 0 bridgehead atoms. The summed E-state index contributed by atoms with van der Waals surface area (Å²) in [5, 5.41) is 8.68. The van der Waals surface area contributed by atoms with E-state index in [-0.39, 0.29) is 12.5 Å². The minimum absolute atomic E-state index is 0.202. The van der Waals surface area contributed by atoms with Crippen LogP contribution < -0.4 is 5.73 Å². The van der Waals surface area contributed by atoms with Gasteiger partial charge in [0.05, 0.1) is 12.5 Å². The van der Waals surface area contributed by atoms with Crippen molar-refractivity contribution in [1.82, 2.24) is 0 Å². The molecule has 37 heavy (non-hydrogen) atoms. The summed E-state index contributed by atoms with van der Waals surface area (Å²) < 4.78 is 5.24. The first kappa shape index (κ1) is 35.9. The van der Waals surface area contributed by atoms with Crippen molar-refractivity contribution >= 4 is 11.9 Å². The normalized spacial score (nSPS) is 12.9. The van der Waals surface area contributed by atoms with Crippen LogP contribution in [-0.2, 0) is 14.3 Å². The number of esters is 1. The Morgan fingerprint density at radius 1 is 0.595 bits per heavy atom. The van der Waals surface area contributed by atoms with Crippen molar-refractivity contribution in [2.45, 2.75) is 193 Å². The van der Waals surface area contributed by atoms with Crippen LogP contribution in [0, 0.1) is 0 Å². The lowest BCUT2D eigenvalue weighted by atomic mass is 10.0. The largest absolute Gasteiger partial charge is 0.481 e. The molecule has 0 saturated carbocycles. The molecule has 0 aromatic heterocycles. The summed E-state index contributed by atoms with van der Waals surface area (Å²) in [4.78, 5) is 22.3. The number of carbonyl (C=O) groups is 2. The van der Waals surface area contributed by atoms with E-state index in [1.54, 1.807) is 0 Å². The Hall–Kier alpha value is -1.10. The average molecular weight is 526 g/mol. The molecule has 2 atom stereocenters. The molecule has 220 valence electrons. The molecule has 0 radical (unpaired) electrons. The highest BCUT2D eigenvalue weighted by atomic mass is 16.5. The number of unbranched alkanes of at least 4 members (excludes halogenated alkanes) is 23. The summed E-state index contributed by atoms with van der Waals surface area (Å²) in [5.41, 5.74) is 5.53. The van der Waals surface area contributed by atoms with Crippen LogP contribution in [-0.4, -0.2) is 29.2 Å². The predicted octanol–water partition coefficient (Wildman–Crippen LogP) is 9.49. The molecule has 0 aliphatic rings. The number of hydrogen-bond donors (Lipinski definition) is 2. The molecule has 0 aliphatic carbocycles. The summed E-state index contributed by atoms with van der Waals surface area (Å²) in [6.45, 7) is 4.14. The van der Waals surface area contributed by atoms with Crippen LogP contribution in [0.4, 0.5) is 0 Å². The maximum atomic E-state index is 11.7. The van der Waals surface area contributed by atoms with Gasteiger partial charge in [-0.05, 0) is 19.8 Å². The highest BCUT2D eigenvalue weighted by Crippen LogP contribution is 2.16. The smallest absolute Gasteiger partial charge is 0.323 e. The van der Waals surface area contributed by atoms with Gasteiger partial charge in [-0.25, -0.2) is 0 Å². The van der Waals surface area contributed by atoms with Gasteiger partial charge in [0.2, 0.25) is 0 Å². The highest BCUT2D eigenvalue weighted by molar-refractivity contribution is 5.81. The van der Waals surface area contributed by atoms with Gasteiger partial charge in [-0.2, -0.15) is 0 Å². The van der Waals surface area contributed by atoms with Gasteiger partial charge in [-0.15, -0.1) is 0 Å². The first-order valence-corrected chi connectivity index (χ1v) is 16.1. The third kappa shape index (κ3) is 27.7. The molecular formula is C32H63NO4. The molecule has 0 aromatic carbocycles. The van der Waals surface area contributed by atoms with Crippen LogP contribution in [0.15, 0.2) is 0 Å². The molecule has 0 saturated heterocycles. The summed E-state index contributed by atoms with van der Waals surface area (Å²) in [5.74, 6) is -1.69. The van der Waals surface area contributed by atoms with Crippen molar-refractivity contribution in [2.24, 2.45) is 5.73 Å². The number of carbonyl (C=O) groups excluding carboxylic acids is 1. The van der Waals surface area contributed by atoms with Gasteiger partial charge >= 0.3 is 11.9 Å². The fraction of sp³-hybridized carbons (Fsp3) is 0.938. The second kappa shape index (κ2) is 27.9. The van der Waals surface area contributed by atoms with E-state index in [4.69, 9.17) is 15.6 Å². The standard InChI is InChI=1S/C32H63NO4/c1-3-4-5-6-7-8-9-10-11-12-13-14-15-16-17-18-19-20-21-22-23-24-25-26-27-29(2)37-32(36)30(33)28-31(34)35/h29-30H,3-28,33H2,1-2H3,(H,34,35)/t29?,30-/m0/s1. The first-order chi connectivity index (χ1) is 18.0. The van der Waals surface area contributed by atoms with E-state index in [1.807, 2.05) is 6.92 Å². The number of nitrogens with two attached hydrogens (primary N) is 1. The number of hydrogen-bond acceptors (Lipinski definition) is 4. The summed E-state index contributed by atoms with van der Waals surface area (Å²) in [7, 11) is 0. The molecule has 0 rings (SSSR count). The number of ether oxygens (including phenoxy) is 1. The third-order valence-electron chi connectivity index (χ3n) is 7.48. The first-order valence-electron chi connectivity index (χ1n) is 16.1. The van der Waals surface area contributed by atoms with Gasteiger partial charge in [0, 0.05) is 0 Å². The van der Waals surface area contributed by atoms with Gasteiger partial charge in [0.15, 0.2) is 0 Å². The van der Waals surface area contributed by atoms with Gasteiger partial charge in [-0.3, -0.25) is 9.59 Å². The molecule has 0 heterocycles. The molecule has 5 nitrogen and oxygen atoms in total. The average Bonchev–Trinajstić information content (AvgIpc) is 2.86. The molecular weight excluding hydrogens is 462 g/mol. The molecule has 0 aliphatic heterocycles. The monoisotopic (exact) mass is 525 g/mol. The molecule has 1 unspecified atom stereocenters. The minimum Gasteiger partial charge on any atom is -0.481 e. The molecule has 0 amide bonds. The molecule has 0 fully saturated rings. The van der Waals surface area contributed by atoms with Crippen LogP contribution in [0.5, 0.6) is 0 Å². The Morgan fingerprint density at radius 3 is 1.19 bits per heavy atom. The Morgan fingerprint density at radius 2 is 0.892 bits per heavy atom.